The second kappa shape index (κ2) is 1.92. The van der Waals surface area contributed by atoms with Gasteiger partial charge in [-0.1, -0.05) is 0 Å². The molecule has 3 nitrogen and oxygen atoms in total. The monoisotopic (exact) mass is 80.0 g/mol. The predicted molar refractivity (Wildman–Crippen MR) is 18.6 cm³/mol. The minimum atomic E-state index is -1.07. The van der Waals surface area contributed by atoms with Gasteiger partial charge in [0.1, 0.15) is 13.1 Å². The summed E-state index contributed by atoms with van der Waals surface area (Å²) in [5.74, 6) is 0. The van der Waals surface area contributed by atoms with Crippen LogP contribution in [0, 0.1) is 13.1 Å². The fourth-order valence-corrected chi connectivity index (χ4v) is 0.0250. The first kappa shape index (κ1) is 4.65. The Bertz CT molecular complexity index is 120. The number of nitrogens with zero attached hydrogens (tertiary/aromatic N) is 2. The summed E-state index contributed by atoms with van der Waals surface area (Å²) < 4.78 is 0. The lowest BCUT2D eigenvalue weighted by Crippen LogP contribution is -1.65. The van der Waals surface area contributed by atoms with Gasteiger partial charge in [-0.05, 0) is 0 Å². The molecule has 0 radical (unpaired) electrons. The second-order valence-corrected chi connectivity index (χ2v) is 0.506. The third kappa shape index (κ3) is 1.03. The van der Waals surface area contributed by atoms with Crippen molar-refractivity contribution < 1.29 is 4.79 Å². The van der Waals surface area contributed by atoms with Crippen molar-refractivity contribution in [2.24, 2.45) is 0 Å². The van der Waals surface area contributed by atoms with Gasteiger partial charge in [-0.15, -0.1) is 9.69 Å². The van der Waals surface area contributed by atoms with Gasteiger partial charge >= 0.3 is 6.03 Å². The first-order valence-electron chi connectivity index (χ1n) is 1.10. The van der Waals surface area contributed by atoms with Gasteiger partial charge in [0.2, 0.25) is 0 Å². The van der Waals surface area contributed by atoms with Crippen molar-refractivity contribution in [2.45, 2.75) is 0 Å². The molecular formula is C3N2O. The average molecular weight is 80.0 g/mol. The van der Waals surface area contributed by atoms with Crippen molar-refractivity contribution in [3.05, 3.63) is 22.8 Å². The Morgan fingerprint density at radius 2 is 1.67 bits per heavy atom. The van der Waals surface area contributed by atoms with Crippen LogP contribution in [0.5, 0.6) is 0 Å². The highest BCUT2D eigenvalue weighted by molar-refractivity contribution is 5.92. The van der Waals surface area contributed by atoms with Crippen molar-refractivity contribution in [3.63, 3.8) is 0 Å². The molecule has 28 valence electrons. The van der Waals surface area contributed by atoms with Crippen LogP contribution < -0.4 is 0 Å². The van der Waals surface area contributed by atoms with E-state index in [0.29, 0.717) is 0 Å². The van der Waals surface area contributed by atoms with Crippen LogP contribution in [-0.2, 0) is 0 Å². The molecule has 0 aromatic carbocycles. The summed E-state index contributed by atoms with van der Waals surface area (Å²) in [6.07, 6.45) is 0. The molecule has 6 heavy (non-hydrogen) atoms. The Hall–Kier alpha value is -1.35. The maximum absolute atomic E-state index is 9.47. The van der Waals surface area contributed by atoms with Crippen LogP contribution in [0.3, 0.4) is 0 Å². The number of rotatable bonds is 0. The summed E-state index contributed by atoms with van der Waals surface area (Å²) in [6.45, 7) is 11.7. The lowest BCUT2D eigenvalue weighted by atomic mass is 11.1. The number of carbonyl (C=O) groups is 1. The molecule has 0 bridgehead atoms. The normalized spacial score (nSPS) is 5.00. The Labute approximate surface area is 34.8 Å². The van der Waals surface area contributed by atoms with Crippen LogP contribution >= 0.6 is 0 Å². The molecule has 3 heteroatoms. The Morgan fingerprint density at radius 3 is 1.67 bits per heavy atom. The van der Waals surface area contributed by atoms with Gasteiger partial charge < -0.3 is 0 Å². The van der Waals surface area contributed by atoms with Crippen LogP contribution in [0.1, 0.15) is 0 Å². The van der Waals surface area contributed by atoms with Gasteiger partial charge in [-0.25, -0.2) is 4.79 Å². The van der Waals surface area contributed by atoms with Crippen molar-refractivity contribution >= 4 is 6.03 Å². The quantitative estimate of drug-likeness (QED) is 0.397. The van der Waals surface area contributed by atoms with E-state index in [1.54, 1.807) is 0 Å². The standard InChI is InChI=1S/C3N2O/c1-4-3(6)5-2. The fourth-order valence-electron chi connectivity index (χ4n) is 0.0250. The number of amides is 2. The number of hydrogen-bond donors (Lipinski definition) is 0. The first-order chi connectivity index (χ1) is 2.81. The maximum atomic E-state index is 9.47. The van der Waals surface area contributed by atoms with Crippen LogP contribution in [0.25, 0.3) is 9.69 Å². The van der Waals surface area contributed by atoms with Gasteiger partial charge in [-0.2, -0.15) is 0 Å². The van der Waals surface area contributed by atoms with E-state index in [1.165, 1.54) is 0 Å². The highest BCUT2D eigenvalue weighted by atomic mass is 16.2. The molecule has 0 aliphatic heterocycles. The summed E-state index contributed by atoms with van der Waals surface area (Å²) >= 11 is 0. The Kier molecular flexibility index (Phi) is 1.49. The van der Waals surface area contributed by atoms with E-state index in [9.17, 15) is 4.79 Å². The SMILES string of the molecule is [C-]#[N+]C(=O)[N+]#[C-]. The molecule has 0 atom stereocenters. The molecule has 0 saturated carbocycles. The largest absolute Gasteiger partial charge is 0.752 e. The first-order valence-corrected chi connectivity index (χ1v) is 1.10. The van der Waals surface area contributed by atoms with E-state index in [4.69, 9.17) is 13.1 Å². The molecule has 0 rings (SSSR count). The summed E-state index contributed by atoms with van der Waals surface area (Å²) in [5, 5.41) is 0. The van der Waals surface area contributed by atoms with E-state index in [-0.39, 0.29) is 0 Å². The Balaban J connectivity index is 3.75. The highest BCUT2D eigenvalue weighted by Crippen LogP contribution is 1.73. The number of carbonyl (C=O) groups excluding carboxylic acids is 1. The van der Waals surface area contributed by atoms with Gasteiger partial charge in [0.05, 0.1) is 0 Å². The van der Waals surface area contributed by atoms with Crippen molar-refractivity contribution in [2.75, 3.05) is 0 Å². The van der Waals surface area contributed by atoms with E-state index in [2.05, 4.69) is 9.69 Å². The molecule has 0 aliphatic rings. The zero-order valence-corrected chi connectivity index (χ0v) is 2.80. The highest BCUT2D eigenvalue weighted by Gasteiger charge is 2.01. The molecule has 0 N–H and O–H groups in total. The fraction of sp³-hybridized carbons (Fsp3) is 0. The predicted octanol–water partition coefficient (Wildman–Crippen LogP) is 0.945. The van der Waals surface area contributed by atoms with E-state index in [1.807, 2.05) is 0 Å². The Morgan fingerprint density at radius 1 is 1.33 bits per heavy atom. The van der Waals surface area contributed by atoms with Gasteiger partial charge in [0.15, 0.2) is 0 Å². The average Bonchev–Trinajstić information content (AvgIpc) is 1.65. The smallest absolute Gasteiger partial charge is 0.238 e. The molecule has 0 aromatic rings. The molecule has 0 fully saturated rings. The van der Waals surface area contributed by atoms with E-state index in [0.717, 1.165) is 0 Å². The molecule has 0 aliphatic carbocycles. The van der Waals surface area contributed by atoms with Gasteiger partial charge in [0.25, 0.3) is 0 Å². The summed E-state index contributed by atoms with van der Waals surface area (Å²) in [7, 11) is 0. The lowest BCUT2D eigenvalue weighted by molar-refractivity contribution is 0.266. The van der Waals surface area contributed by atoms with Crippen LogP contribution in [-0.4, -0.2) is 6.03 Å². The second-order valence-electron chi connectivity index (χ2n) is 0.506. The van der Waals surface area contributed by atoms with Crippen molar-refractivity contribution in [1.29, 1.82) is 0 Å². The van der Waals surface area contributed by atoms with Crippen LogP contribution in [0.15, 0.2) is 0 Å². The maximum Gasteiger partial charge on any atom is 0.752 e. The van der Waals surface area contributed by atoms with Crippen LogP contribution in [0.4, 0.5) is 4.79 Å². The van der Waals surface area contributed by atoms with Crippen LogP contribution in [0.2, 0.25) is 0 Å². The molecule has 0 heterocycles. The van der Waals surface area contributed by atoms with Crippen molar-refractivity contribution in [3.8, 4) is 0 Å². The van der Waals surface area contributed by atoms with E-state index >= 15 is 0 Å². The molecule has 0 aromatic heterocycles. The number of hydrogen-bond acceptors (Lipinski definition) is 1. The third-order valence-electron chi connectivity index (χ3n) is 0.191. The summed E-state index contributed by atoms with van der Waals surface area (Å²) in [4.78, 5) is 14.0. The number of urea groups is 1. The van der Waals surface area contributed by atoms with Crippen molar-refractivity contribution in [1.82, 2.24) is 0 Å². The summed E-state index contributed by atoms with van der Waals surface area (Å²) in [6, 6.07) is -1.07. The van der Waals surface area contributed by atoms with Gasteiger partial charge in [0, 0.05) is 0 Å². The minimum Gasteiger partial charge on any atom is -0.238 e. The zero-order chi connectivity index (χ0) is 4.99. The molecule has 0 spiro atoms. The minimum absolute atomic E-state index is 1.07. The van der Waals surface area contributed by atoms with Gasteiger partial charge in [-0.3, -0.25) is 0 Å². The molecule has 0 saturated heterocycles. The molecular weight excluding hydrogens is 80.0 g/mol. The lowest BCUT2D eigenvalue weighted by Gasteiger charge is -1.45. The third-order valence-corrected chi connectivity index (χ3v) is 0.191. The topological polar surface area (TPSA) is 25.8 Å². The molecule has 0 unspecified atom stereocenters. The van der Waals surface area contributed by atoms with E-state index < -0.39 is 6.03 Å². The zero-order valence-electron chi connectivity index (χ0n) is 2.80. The summed E-state index contributed by atoms with van der Waals surface area (Å²) in [5.41, 5.74) is 0. The molecule has 2 amide bonds.